The minimum atomic E-state index is 0.771. The van der Waals surface area contributed by atoms with Crippen LogP contribution in [-0.2, 0) is 6.42 Å². The average Bonchev–Trinajstić information content (AvgIpc) is 3.17. The molecule has 2 heterocycles. The van der Waals surface area contributed by atoms with Crippen molar-refractivity contribution >= 4 is 23.1 Å². The number of benzene rings is 1. The van der Waals surface area contributed by atoms with Gasteiger partial charge in [0.15, 0.2) is 5.82 Å². The van der Waals surface area contributed by atoms with E-state index in [2.05, 4.69) is 20.2 Å². The zero-order valence-electron chi connectivity index (χ0n) is 12.4. The highest BCUT2D eigenvalue weighted by Gasteiger charge is 2.07. The standard InChI is InChI=1S/C15H16N4OS2/c1-10-13(22-9-16-10)7-8-21-15-17-14(18-19-15)11-3-5-12(20-2)6-4-11/h3-6,9H,7-8H2,1-2H3,(H,17,18,19). The normalized spacial score (nSPS) is 10.8. The Hall–Kier alpha value is -1.86. The molecule has 0 aliphatic heterocycles. The zero-order chi connectivity index (χ0) is 15.4. The van der Waals surface area contributed by atoms with Gasteiger partial charge in [-0.05, 0) is 37.6 Å². The molecule has 0 aliphatic rings. The number of H-pyrrole nitrogens is 1. The van der Waals surface area contributed by atoms with Crippen molar-refractivity contribution in [3.63, 3.8) is 0 Å². The minimum absolute atomic E-state index is 0.771. The van der Waals surface area contributed by atoms with Crippen molar-refractivity contribution in [2.24, 2.45) is 0 Å². The number of aromatic amines is 1. The summed E-state index contributed by atoms with van der Waals surface area (Å²) in [6, 6.07) is 7.76. The number of hydrogen-bond acceptors (Lipinski definition) is 6. The van der Waals surface area contributed by atoms with Gasteiger partial charge in [-0.2, -0.15) is 0 Å². The fourth-order valence-electron chi connectivity index (χ4n) is 1.99. The lowest BCUT2D eigenvalue weighted by Crippen LogP contribution is -1.89. The maximum absolute atomic E-state index is 5.15. The number of ether oxygens (including phenoxy) is 1. The third-order valence-corrected chi connectivity index (χ3v) is 5.08. The molecule has 0 saturated carbocycles. The Bertz CT molecular complexity index is 736. The number of thiazole rings is 1. The van der Waals surface area contributed by atoms with Gasteiger partial charge in [-0.1, -0.05) is 11.8 Å². The van der Waals surface area contributed by atoms with Crippen molar-refractivity contribution in [2.45, 2.75) is 18.5 Å². The number of aryl methyl sites for hydroxylation is 2. The van der Waals surface area contributed by atoms with Gasteiger partial charge in [0.25, 0.3) is 0 Å². The number of hydrogen-bond donors (Lipinski definition) is 1. The van der Waals surface area contributed by atoms with E-state index in [0.717, 1.165) is 40.2 Å². The van der Waals surface area contributed by atoms with Crippen molar-refractivity contribution in [1.82, 2.24) is 20.2 Å². The van der Waals surface area contributed by atoms with Crippen LogP contribution in [0.3, 0.4) is 0 Å². The predicted octanol–water partition coefficient (Wildman–Crippen LogP) is 3.58. The van der Waals surface area contributed by atoms with Crippen LogP contribution in [0.4, 0.5) is 0 Å². The van der Waals surface area contributed by atoms with Crippen LogP contribution < -0.4 is 4.74 Å². The first-order chi connectivity index (χ1) is 10.8. The van der Waals surface area contributed by atoms with Crippen LogP contribution in [0.5, 0.6) is 5.75 Å². The molecule has 7 heteroatoms. The predicted molar refractivity (Wildman–Crippen MR) is 89.6 cm³/mol. The maximum atomic E-state index is 5.15. The fourth-order valence-corrected chi connectivity index (χ4v) is 3.66. The molecule has 0 saturated heterocycles. The Balaban J connectivity index is 1.59. The van der Waals surface area contributed by atoms with Crippen molar-refractivity contribution in [1.29, 1.82) is 0 Å². The van der Waals surface area contributed by atoms with Crippen LogP contribution in [-0.4, -0.2) is 33.0 Å². The molecule has 2 aromatic heterocycles. The summed E-state index contributed by atoms with van der Waals surface area (Å²) in [5.74, 6) is 2.56. The van der Waals surface area contributed by atoms with Crippen molar-refractivity contribution in [2.75, 3.05) is 12.9 Å². The molecular formula is C15H16N4OS2. The summed E-state index contributed by atoms with van der Waals surface area (Å²) in [4.78, 5) is 10.1. The zero-order valence-corrected chi connectivity index (χ0v) is 14.0. The summed E-state index contributed by atoms with van der Waals surface area (Å²) < 4.78 is 5.15. The Morgan fingerprint density at radius 3 is 2.77 bits per heavy atom. The topological polar surface area (TPSA) is 63.7 Å². The van der Waals surface area contributed by atoms with Crippen molar-refractivity contribution in [3.8, 4) is 17.1 Å². The number of rotatable bonds is 6. The number of nitrogens with one attached hydrogen (secondary N) is 1. The van der Waals surface area contributed by atoms with E-state index in [0.29, 0.717) is 0 Å². The Labute approximate surface area is 137 Å². The molecular weight excluding hydrogens is 316 g/mol. The summed E-state index contributed by atoms with van der Waals surface area (Å²) in [6.07, 6.45) is 0.994. The van der Waals surface area contributed by atoms with Gasteiger partial charge in [-0.25, -0.2) is 9.97 Å². The molecule has 0 fully saturated rings. The molecule has 1 N–H and O–H groups in total. The summed E-state index contributed by atoms with van der Waals surface area (Å²) in [5, 5.41) is 8.01. The lowest BCUT2D eigenvalue weighted by molar-refractivity contribution is 0.415. The van der Waals surface area contributed by atoms with Gasteiger partial charge >= 0.3 is 0 Å². The molecule has 0 amide bonds. The minimum Gasteiger partial charge on any atom is -0.497 e. The summed E-state index contributed by atoms with van der Waals surface area (Å²) >= 11 is 3.36. The summed E-state index contributed by atoms with van der Waals surface area (Å²) in [5.41, 5.74) is 4.02. The van der Waals surface area contributed by atoms with Gasteiger partial charge in [0.05, 0.1) is 18.3 Å². The highest BCUT2D eigenvalue weighted by molar-refractivity contribution is 7.99. The molecule has 0 unspecified atom stereocenters. The third kappa shape index (κ3) is 3.48. The fraction of sp³-hybridized carbons (Fsp3) is 0.267. The van der Waals surface area contributed by atoms with E-state index in [9.17, 15) is 0 Å². The van der Waals surface area contributed by atoms with Gasteiger partial charge in [-0.3, -0.25) is 5.10 Å². The van der Waals surface area contributed by atoms with Gasteiger partial charge in [0, 0.05) is 16.2 Å². The van der Waals surface area contributed by atoms with Gasteiger partial charge < -0.3 is 4.74 Å². The monoisotopic (exact) mass is 332 g/mol. The van der Waals surface area contributed by atoms with Crippen LogP contribution in [0.25, 0.3) is 11.4 Å². The van der Waals surface area contributed by atoms with Crippen molar-refractivity contribution < 1.29 is 4.74 Å². The molecule has 114 valence electrons. The largest absolute Gasteiger partial charge is 0.497 e. The van der Waals surface area contributed by atoms with Gasteiger partial charge in [0.2, 0.25) is 5.16 Å². The van der Waals surface area contributed by atoms with Crippen LogP contribution in [0, 0.1) is 6.92 Å². The van der Waals surface area contributed by atoms with E-state index in [1.54, 1.807) is 30.2 Å². The smallest absolute Gasteiger partial charge is 0.208 e. The van der Waals surface area contributed by atoms with E-state index in [1.807, 2.05) is 36.7 Å². The van der Waals surface area contributed by atoms with E-state index < -0.39 is 0 Å². The second kappa shape index (κ2) is 6.93. The summed E-state index contributed by atoms with van der Waals surface area (Å²) in [6.45, 7) is 2.05. The van der Waals surface area contributed by atoms with E-state index in [1.165, 1.54) is 4.88 Å². The lowest BCUT2D eigenvalue weighted by atomic mass is 10.2. The van der Waals surface area contributed by atoms with Crippen LogP contribution in [0.1, 0.15) is 10.6 Å². The highest BCUT2D eigenvalue weighted by Crippen LogP contribution is 2.23. The number of aromatic nitrogens is 4. The molecule has 22 heavy (non-hydrogen) atoms. The molecule has 0 aliphatic carbocycles. The number of methoxy groups -OCH3 is 1. The van der Waals surface area contributed by atoms with E-state index in [4.69, 9.17) is 4.74 Å². The lowest BCUT2D eigenvalue weighted by Gasteiger charge is -1.99. The SMILES string of the molecule is COc1ccc(-c2nc(SCCc3scnc3C)n[nH]2)cc1. The molecule has 0 spiro atoms. The number of thioether (sulfide) groups is 1. The first-order valence-electron chi connectivity index (χ1n) is 6.85. The van der Waals surface area contributed by atoms with Crippen LogP contribution >= 0.6 is 23.1 Å². The number of nitrogens with zero attached hydrogens (tertiary/aromatic N) is 3. The highest BCUT2D eigenvalue weighted by atomic mass is 32.2. The first-order valence-corrected chi connectivity index (χ1v) is 8.71. The van der Waals surface area contributed by atoms with Crippen LogP contribution in [0.2, 0.25) is 0 Å². The Morgan fingerprint density at radius 1 is 1.27 bits per heavy atom. The quantitative estimate of drug-likeness (QED) is 0.699. The van der Waals surface area contributed by atoms with Gasteiger partial charge in [-0.15, -0.1) is 16.4 Å². The van der Waals surface area contributed by atoms with Crippen LogP contribution in [0.15, 0.2) is 34.9 Å². The molecule has 0 radical (unpaired) electrons. The molecule has 1 aromatic carbocycles. The summed E-state index contributed by atoms with van der Waals surface area (Å²) in [7, 11) is 1.66. The third-order valence-electron chi connectivity index (χ3n) is 3.23. The second-order valence-corrected chi connectivity index (χ2v) is 6.66. The van der Waals surface area contributed by atoms with E-state index in [-0.39, 0.29) is 0 Å². The van der Waals surface area contributed by atoms with E-state index >= 15 is 0 Å². The molecule has 0 bridgehead atoms. The van der Waals surface area contributed by atoms with Crippen molar-refractivity contribution in [3.05, 3.63) is 40.3 Å². The molecule has 0 atom stereocenters. The molecule has 3 aromatic rings. The Kier molecular flexibility index (Phi) is 4.74. The van der Waals surface area contributed by atoms with Gasteiger partial charge in [0.1, 0.15) is 5.75 Å². The second-order valence-electron chi connectivity index (χ2n) is 4.65. The maximum Gasteiger partial charge on any atom is 0.208 e. The Morgan fingerprint density at radius 2 is 2.09 bits per heavy atom. The molecule has 5 nitrogen and oxygen atoms in total. The first kappa shape index (κ1) is 15.1. The average molecular weight is 332 g/mol. The molecule has 3 rings (SSSR count).